The Labute approximate surface area is 145 Å². The number of amides is 1. The zero-order valence-corrected chi connectivity index (χ0v) is 14.0. The van der Waals surface area contributed by atoms with Crippen LogP contribution in [0.4, 0.5) is 0 Å². The minimum absolute atomic E-state index is 0.0548. The molecule has 6 heteroatoms. The Morgan fingerprint density at radius 1 is 1.21 bits per heavy atom. The van der Waals surface area contributed by atoms with Crippen molar-refractivity contribution >= 4 is 28.3 Å². The van der Waals surface area contributed by atoms with E-state index in [9.17, 15) is 4.79 Å². The summed E-state index contributed by atoms with van der Waals surface area (Å²) in [6.07, 6.45) is 2.61. The van der Waals surface area contributed by atoms with Gasteiger partial charge in [-0.3, -0.25) is 4.79 Å². The van der Waals surface area contributed by atoms with E-state index in [0.29, 0.717) is 30.6 Å². The number of benzene rings is 1. The third-order valence-electron chi connectivity index (χ3n) is 4.68. The number of carbonyl (C=O) groups is 1. The number of rotatable bonds is 2. The van der Waals surface area contributed by atoms with E-state index in [1.807, 2.05) is 35.2 Å². The summed E-state index contributed by atoms with van der Waals surface area (Å²) in [5.41, 5.74) is 0.378. The Balaban J connectivity index is 1.66. The van der Waals surface area contributed by atoms with Crippen LogP contribution < -0.4 is 0 Å². The molecule has 1 aromatic heterocycles. The molecule has 3 heterocycles. The van der Waals surface area contributed by atoms with Crippen LogP contribution in [0.2, 0.25) is 5.15 Å². The summed E-state index contributed by atoms with van der Waals surface area (Å²) in [6, 6.07) is 9.44. The molecule has 5 nitrogen and oxygen atoms in total. The summed E-state index contributed by atoms with van der Waals surface area (Å²) in [5, 5.41) is 2.13. The minimum atomic E-state index is -0.329. The molecule has 2 fully saturated rings. The molecule has 4 rings (SSSR count). The molecule has 2 aliphatic heterocycles. The lowest BCUT2D eigenvalue weighted by Gasteiger charge is -2.37. The van der Waals surface area contributed by atoms with Crippen LogP contribution in [0, 0.1) is 0 Å². The third kappa shape index (κ3) is 2.88. The van der Waals surface area contributed by atoms with E-state index in [1.54, 1.807) is 0 Å². The molecule has 2 saturated heterocycles. The van der Waals surface area contributed by atoms with Gasteiger partial charge in [0.2, 0.25) is 0 Å². The maximum absolute atomic E-state index is 13.1. The SMILES string of the molecule is O=C(c1cc2ccccc2c(Cl)n1)N1CCCCC1C1OCCO1. The fourth-order valence-corrected chi connectivity index (χ4v) is 3.77. The second kappa shape index (κ2) is 6.67. The first kappa shape index (κ1) is 15.8. The number of likely N-dealkylation sites (tertiary alicyclic amines) is 1. The lowest BCUT2D eigenvalue weighted by atomic mass is 10.0. The van der Waals surface area contributed by atoms with Crippen LogP contribution in [0.5, 0.6) is 0 Å². The van der Waals surface area contributed by atoms with Gasteiger partial charge in [0, 0.05) is 11.9 Å². The molecule has 0 spiro atoms. The molecule has 0 bridgehead atoms. The maximum Gasteiger partial charge on any atom is 0.272 e. The summed E-state index contributed by atoms with van der Waals surface area (Å²) >= 11 is 6.28. The topological polar surface area (TPSA) is 51.7 Å². The monoisotopic (exact) mass is 346 g/mol. The van der Waals surface area contributed by atoms with Crippen LogP contribution in [0.1, 0.15) is 29.8 Å². The van der Waals surface area contributed by atoms with Gasteiger partial charge in [-0.1, -0.05) is 35.9 Å². The van der Waals surface area contributed by atoms with Crippen molar-refractivity contribution < 1.29 is 14.3 Å². The van der Waals surface area contributed by atoms with E-state index in [1.165, 1.54) is 0 Å². The Bertz CT molecular complexity index is 761. The van der Waals surface area contributed by atoms with Gasteiger partial charge in [-0.2, -0.15) is 0 Å². The Hall–Kier alpha value is -1.69. The van der Waals surface area contributed by atoms with Crippen molar-refractivity contribution in [2.75, 3.05) is 19.8 Å². The highest BCUT2D eigenvalue weighted by molar-refractivity contribution is 6.34. The zero-order chi connectivity index (χ0) is 16.5. The third-order valence-corrected chi connectivity index (χ3v) is 4.97. The summed E-state index contributed by atoms with van der Waals surface area (Å²) in [7, 11) is 0. The number of hydrogen-bond donors (Lipinski definition) is 0. The van der Waals surface area contributed by atoms with E-state index in [4.69, 9.17) is 21.1 Å². The van der Waals surface area contributed by atoms with Crippen LogP contribution in [0.25, 0.3) is 10.8 Å². The predicted octanol–water partition coefficient (Wildman–Crippen LogP) is 3.26. The molecule has 0 N–H and O–H groups in total. The highest BCUT2D eigenvalue weighted by atomic mass is 35.5. The van der Waals surface area contributed by atoms with Crippen LogP contribution in [0.15, 0.2) is 30.3 Å². The fraction of sp³-hybridized carbons (Fsp3) is 0.444. The predicted molar refractivity (Wildman–Crippen MR) is 91.1 cm³/mol. The van der Waals surface area contributed by atoms with Crippen molar-refractivity contribution in [1.82, 2.24) is 9.88 Å². The highest BCUT2D eigenvalue weighted by Crippen LogP contribution is 2.28. The van der Waals surface area contributed by atoms with Crippen LogP contribution >= 0.6 is 11.6 Å². The van der Waals surface area contributed by atoms with Gasteiger partial charge in [-0.25, -0.2) is 4.98 Å². The molecule has 126 valence electrons. The standard InChI is InChI=1S/C18H19ClN2O3/c19-16-13-6-2-1-5-12(13)11-14(20-16)17(22)21-8-4-3-7-15(21)18-23-9-10-24-18/h1-2,5-6,11,15,18H,3-4,7-10H2. The van der Waals surface area contributed by atoms with Gasteiger partial charge in [0.15, 0.2) is 6.29 Å². The summed E-state index contributed by atoms with van der Waals surface area (Å²) in [6.45, 7) is 1.87. The summed E-state index contributed by atoms with van der Waals surface area (Å²) in [5.74, 6) is -0.105. The Morgan fingerprint density at radius 3 is 2.83 bits per heavy atom. The zero-order valence-electron chi connectivity index (χ0n) is 13.3. The van der Waals surface area contributed by atoms with Gasteiger partial charge in [-0.05, 0) is 30.7 Å². The molecule has 1 atom stereocenters. The average molecular weight is 347 g/mol. The van der Waals surface area contributed by atoms with Gasteiger partial charge in [0.25, 0.3) is 5.91 Å². The number of pyridine rings is 1. The van der Waals surface area contributed by atoms with E-state index >= 15 is 0 Å². The first-order valence-corrected chi connectivity index (χ1v) is 8.71. The maximum atomic E-state index is 13.1. The molecule has 1 amide bonds. The first-order chi connectivity index (χ1) is 11.7. The van der Waals surface area contributed by atoms with Crippen LogP contribution in [-0.2, 0) is 9.47 Å². The second-order valence-corrected chi connectivity index (χ2v) is 6.55. The summed E-state index contributed by atoms with van der Waals surface area (Å²) in [4.78, 5) is 19.2. The lowest BCUT2D eigenvalue weighted by molar-refractivity contribution is -0.100. The highest BCUT2D eigenvalue weighted by Gasteiger charge is 2.37. The van der Waals surface area contributed by atoms with E-state index < -0.39 is 0 Å². The number of hydrogen-bond acceptors (Lipinski definition) is 4. The van der Waals surface area contributed by atoms with Gasteiger partial charge < -0.3 is 14.4 Å². The lowest BCUT2D eigenvalue weighted by Crippen LogP contribution is -2.50. The molecule has 1 unspecified atom stereocenters. The largest absolute Gasteiger partial charge is 0.348 e. The summed E-state index contributed by atoms with van der Waals surface area (Å²) < 4.78 is 11.3. The average Bonchev–Trinajstić information content (AvgIpc) is 3.15. The minimum Gasteiger partial charge on any atom is -0.348 e. The number of fused-ring (bicyclic) bond motifs is 1. The molecule has 24 heavy (non-hydrogen) atoms. The van der Waals surface area contributed by atoms with E-state index in [2.05, 4.69) is 4.98 Å². The van der Waals surface area contributed by atoms with Crippen LogP contribution in [0.3, 0.4) is 0 Å². The number of aromatic nitrogens is 1. The molecular formula is C18H19ClN2O3. The van der Waals surface area contributed by atoms with Crippen molar-refractivity contribution in [2.24, 2.45) is 0 Å². The smallest absolute Gasteiger partial charge is 0.272 e. The fourth-order valence-electron chi connectivity index (χ4n) is 3.50. The molecule has 2 aromatic rings. The van der Waals surface area contributed by atoms with Gasteiger partial charge in [0.05, 0.1) is 19.3 Å². The number of ether oxygens (including phenoxy) is 2. The van der Waals surface area contributed by atoms with Crippen LogP contribution in [-0.4, -0.2) is 47.9 Å². The number of nitrogens with zero attached hydrogens (tertiary/aromatic N) is 2. The van der Waals surface area contributed by atoms with Crippen molar-refractivity contribution in [3.63, 3.8) is 0 Å². The Morgan fingerprint density at radius 2 is 2.00 bits per heavy atom. The van der Waals surface area contributed by atoms with Crippen molar-refractivity contribution in [3.05, 3.63) is 41.2 Å². The molecule has 1 aromatic carbocycles. The van der Waals surface area contributed by atoms with Crippen molar-refractivity contribution in [3.8, 4) is 0 Å². The molecule has 0 saturated carbocycles. The number of carbonyl (C=O) groups excluding carboxylic acids is 1. The number of halogens is 1. The molecule has 2 aliphatic rings. The van der Waals surface area contributed by atoms with Gasteiger partial charge in [0.1, 0.15) is 10.8 Å². The van der Waals surface area contributed by atoms with Crippen molar-refractivity contribution in [1.29, 1.82) is 0 Å². The quantitative estimate of drug-likeness (QED) is 0.783. The van der Waals surface area contributed by atoms with Gasteiger partial charge in [-0.15, -0.1) is 0 Å². The molecular weight excluding hydrogens is 328 g/mol. The first-order valence-electron chi connectivity index (χ1n) is 8.33. The number of piperidine rings is 1. The normalized spacial score (nSPS) is 22.2. The van der Waals surface area contributed by atoms with Gasteiger partial charge >= 0.3 is 0 Å². The molecule has 0 radical (unpaired) electrons. The van der Waals surface area contributed by atoms with E-state index in [0.717, 1.165) is 30.0 Å². The van der Waals surface area contributed by atoms with Crippen molar-refractivity contribution in [2.45, 2.75) is 31.6 Å². The van der Waals surface area contributed by atoms with E-state index in [-0.39, 0.29) is 18.2 Å². The molecule has 0 aliphatic carbocycles. The Kier molecular flexibility index (Phi) is 4.39. The second-order valence-electron chi connectivity index (χ2n) is 6.19.